The second-order valence-electron chi connectivity index (χ2n) is 6.41. The standard InChI is InChI=1S/C20H21N5O/c1-14(25-13-22-16-7-3-5-9-18(16)25)20(26)21-11-12-24-15(2)23-17-8-4-6-10-19(17)24/h3-10,13-14H,11-12H2,1-2H3,(H,21,26). The lowest BCUT2D eigenvalue weighted by molar-refractivity contribution is -0.123. The molecule has 1 atom stereocenters. The first kappa shape index (κ1) is 16.3. The molecular weight excluding hydrogens is 326 g/mol. The minimum absolute atomic E-state index is 0.0183. The van der Waals surface area contributed by atoms with Crippen LogP contribution in [0.15, 0.2) is 54.9 Å². The van der Waals surface area contributed by atoms with Crippen LogP contribution in [0.2, 0.25) is 0 Å². The fourth-order valence-corrected chi connectivity index (χ4v) is 3.33. The lowest BCUT2D eigenvalue weighted by atomic mass is 10.2. The molecule has 132 valence electrons. The van der Waals surface area contributed by atoms with Gasteiger partial charge in [0.2, 0.25) is 5.91 Å². The molecule has 1 N–H and O–H groups in total. The number of aromatic nitrogens is 4. The van der Waals surface area contributed by atoms with E-state index in [1.165, 1.54) is 0 Å². The third-order valence-corrected chi connectivity index (χ3v) is 4.76. The van der Waals surface area contributed by atoms with Gasteiger partial charge in [0, 0.05) is 13.1 Å². The zero-order valence-corrected chi connectivity index (χ0v) is 14.9. The van der Waals surface area contributed by atoms with Gasteiger partial charge in [0.25, 0.3) is 0 Å². The Morgan fingerprint density at radius 2 is 1.77 bits per heavy atom. The number of nitrogens with zero attached hydrogens (tertiary/aromatic N) is 4. The molecule has 6 heteroatoms. The second-order valence-corrected chi connectivity index (χ2v) is 6.41. The lowest BCUT2D eigenvalue weighted by Gasteiger charge is -2.15. The average Bonchev–Trinajstić information content (AvgIpc) is 3.22. The zero-order chi connectivity index (χ0) is 18.1. The number of fused-ring (bicyclic) bond motifs is 2. The van der Waals surface area contributed by atoms with Crippen LogP contribution in [0, 0.1) is 6.92 Å². The summed E-state index contributed by atoms with van der Waals surface area (Å²) in [5.41, 5.74) is 3.93. The number of aryl methyl sites for hydroxylation is 1. The summed E-state index contributed by atoms with van der Waals surface area (Å²) < 4.78 is 4.04. The molecule has 1 unspecified atom stereocenters. The number of nitrogens with one attached hydrogen (secondary N) is 1. The van der Waals surface area contributed by atoms with Gasteiger partial charge in [0.15, 0.2) is 0 Å². The second kappa shape index (κ2) is 6.63. The predicted molar refractivity (Wildman–Crippen MR) is 102 cm³/mol. The summed E-state index contributed by atoms with van der Waals surface area (Å²) in [6.07, 6.45) is 1.72. The van der Waals surface area contributed by atoms with Gasteiger partial charge in [-0.2, -0.15) is 0 Å². The average molecular weight is 347 g/mol. The minimum Gasteiger partial charge on any atom is -0.353 e. The number of hydrogen-bond donors (Lipinski definition) is 1. The van der Waals surface area contributed by atoms with Crippen molar-refractivity contribution in [3.8, 4) is 0 Å². The van der Waals surface area contributed by atoms with E-state index in [0.29, 0.717) is 13.1 Å². The fraction of sp³-hybridized carbons (Fsp3) is 0.250. The van der Waals surface area contributed by atoms with Crippen LogP contribution in [0.25, 0.3) is 22.1 Å². The topological polar surface area (TPSA) is 64.7 Å². The summed E-state index contributed by atoms with van der Waals surface area (Å²) in [6.45, 7) is 5.12. The molecule has 0 saturated carbocycles. The van der Waals surface area contributed by atoms with Gasteiger partial charge in [0.05, 0.1) is 28.4 Å². The van der Waals surface area contributed by atoms with Gasteiger partial charge >= 0.3 is 0 Å². The molecule has 26 heavy (non-hydrogen) atoms. The SMILES string of the molecule is Cc1nc2ccccc2n1CCNC(=O)C(C)n1cnc2ccccc21. The maximum atomic E-state index is 12.6. The number of carbonyl (C=O) groups excluding carboxylic acids is 1. The molecule has 2 heterocycles. The molecule has 4 rings (SSSR count). The Labute approximate surface area is 151 Å². The van der Waals surface area contributed by atoms with E-state index in [1.54, 1.807) is 6.33 Å². The molecule has 1 amide bonds. The number of amides is 1. The van der Waals surface area contributed by atoms with E-state index in [2.05, 4.69) is 25.9 Å². The summed E-state index contributed by atoms with van der Waals surface area (Å²) >= 11 is 0. The summed E-state index contributed by atoms with van der Waals surface area (Å²) in [6, 6.07) is 15.6. The van der Waals surface area contributed by atoms with Crippen molar-refractivity contribution in [3.63, 3.8) is 0 Å². The van der Waals surface area contributed by atoms with Crippen molar-refractivity contribution in [1.29, 1.82) is 0 Å². The number of hydrogen-bond acceptors (Lipinski definition) is 3. The van der Waals surface area contributed by atoms with Crippen LogP contribution in [0.5, 0.6) is 0 Å². The molecular formula is C20H21N5O. The maximum absolute atomic E-state index is 12.6. The molecule has 0 radical (unpaired) electrons. The van der Waals surface area contributed by atoms with Crippen LogP contribution >= 0.6 is 0 Å². The largest absolute Gasteiger partial charge is 0.353 e. The molecule has 2 aromatic carbocycles. The Hall–Kier alpha value is -3.15. The van der Waals surface area contributed by atoms with Gasteiger partial charge in [-0.25, -0.2) is 9.97 Å². The first-order valence-corrected chi connectivity index (χ1v) is 8.76. The highest BCUT2D eigenvalue weighted by molar-refractivity contribution is 5.83. The summed E-state index contributed by atoms with van der Waals surface area (Å²) in [4.78, 5) is 21.5. The van der Waals surface area contributed by atoms with Crippen molar-refractivity contribution in [2.24, 2.45) is 0 Å². The lowest BCUT2D eigenvalue weighted by Crippen LogP contribution is -2.33. The van der Waals surface area contributed by atoms with E-state index in [0.717, 1.165) is 27.9 Å². The highest BCUT2D eigenvalue weighted by Crippen LogP contribution is 2.18. The van der Waals surface area contributed by atoms with E-state index >= 15 is 0 Å². The van der Waals surface area contributed by atoms with Gasteiger partial charge in [-0.05, 0) is 38.1 Å². The Morgan fingerprint density at radius 1 is 1.08 bits per heavy atom. The molecule has 0 fully saturated rings. The quantitative estimate of drug-likeness (QED) is 0.603. The number of imidazole rings is 2. The molecule has 2 aromatic heterocycles. The molecule has 6 nitrogen and oxygen atoms in total. The van der Waals surface area contributed by atoms with E-state index < -0.39 is 0 Å². The Morgan fingerprint density at radius 3 is 2.58 bits per heavy atom. The monoisotopic (exact) mass is 347 g/mol. The summed E-state index contributed by atoms with van der Waals surface area (Å²) in [5.74, 6) is 0.935. The molecule has 0 aliphatic heterocycles. The predicted octanol–water partition coefficient (Wildman–Crippen LogP) is 3.07. The first-order valence-electron chi connectivity index (χ1n) is 8.76. The number of benzene rings is 2. The van der Waals surface area contributed by atoms with Gasteiger partial charge < -0.3 is 14.5 Å². The van der Waals surface area contributed by atoms with Crippen molar-refractivity contribution in [2.45, 2.75) is 26.4 Å². The third-order valence-electron chi connectivity index (χ3n) is 4.76. The molecule has 0 spiro atoms. The van der Waals surface area contributed by atoms with Crippen molar-refractivity contribution < 1.29 is 4.79 Å². The van der Waals surface area contributed by atoms with Crippen LogP contribution < -0.4 is 5.32 Å². The fourth-order valence-electron chi connectivity index (χ4n) is 3.33. The minimum atomic E-state index is -0.317. The van der Waals surface area contributed by atoms with Crippen molar-refractivity contribution in [3.05, 3.63) is 60.7 Å². The number of rotatable bonds is 5. The molecule has 4 aromatic rings. The maximum Gasteiger partial charge on any atom is 0.242 e. The van der Waals surface area contributed by atoms with Gasteiger partial charge in [0.1, 0.15) is 11.9 Å². The molecule has 0 saturated heterocycles. The summed E-state index contributed by atoms with van der Waals surface area (Å²) in [5, 5.41) is 3.03. The zero-order valence-electron chi connectivity index (χ0n) is 14.9. The van der Waals surface area contributed by atoms with Crippen LogP contribution in [0.1, 0.15) is 18.8 Å². The van der Waals surface area contributed by atoms with Crippen LogP contribution in [-0.2, 0) is 11.3 Å². The van der Waals surface area contributed by atoms with E-state index in [1.807, 2.05) is 60.9 Å². The van der Waals surface area contributed by atoms with Crippen LogP contribution in [-0.4, -0.2) is 31.6 Å². The van der Waals surface area contributed by atoms with E-state index in [4.69, 9.17) is 0 Å². The smallest absolute Gasteiger partial charge is 0.242 e. The van der Waals surface area contributed by atoms with E-state index in [9.17, 15) is 4.79 Å². The van der Waals surface area contributed by atoms with Crippen molar-refractivity contribution in [1.82, 2.24) is 24.4 Å². The van der Waals surface area contributed by atoms with Crippen molar-refractivity contribution in [2.75, 3.05) is 6.54 Å². The van der Waals surface area contributed by atoms with Crippen molar-refractivity contribution >= 4 is 28.0 Å². The summed E-state index contributed by atoms with van der Waals surface area (Å²) in [7, 11) is 0. The number of carbonyl (C=O) groups is 1. The normalized spacial score (nSPS) is 12.5. The number of para-hydroxylation sites is 4. The Balaban J connectivity index is 1.44. The molecule has 0 aliphatic carbocycles. The van der Waals surface area contributed by atoms with Gasteiger partial charge in [-0.15, -0.1) is 0 Å². The Bertz CT molecular complexity index is 1080. The van der Waals surface area contributed by atoms with Gasteiger partial charge in [-0.3, -0.25) is 4.79 Å². The van der Waals surface area contributed by atoms with Crippen LogP contribution in [0.4, 0.5) is 0 Å². The molecule has 0 bridgehead atoms. The highest BCUT2D eigenvalue weighted by atomic mass is 16.2. The van der Waals surface area contributed by atoms with Crippen LogP contribution in [0.3, 0.4) is 0 Å². The third kappa shape index (κ3) is 2.83. The highest BCUT2D eigenvalue weighted by Gasteiger charge is 2.17. The van der Waals surface area contributed by atoms with Gasteiger partial charge in [-0.1, -0.05) is 24.3 Å². The Kier molecular flexibility index (Phi) is 4.16. The molecule has 0 aliphatic rings. The van der Waals surface area contributed by atoms with E-state index in [-0.39, 0.29) is 11.9 Å². The first-order chi connectivity index (χ1) is 12.6.